The summed E-state index contributed by atoms with van der Waals surface area (Å²) in [5, 5.41) is 0. The van der Waals surface area contributed by atoms with Gasteiger partial charge in [0.15, 0.2) is 12.0 Å². The molecule has 1 aromatic rings. The van der Waals surface area contributed by atoms with Crippen LogP contribution in [0.1, 0.15) is 21.5 Å². The second-order valence-electron chi connectivity index (χ2n) is 3.14. The fourth-order valence-electron chi connectivity index (χ4n) is 1.69. The molecule has 0 aromatic heterocycles. The van der Waals surface area contributed by atoms with E-state index < -0.39 is 6.17 Å². The number of carbonyl (C=O) groups excluding carboxylic acids is 1. The highest BCUT2D eigenvalue weighted by atomic mass is 19.1. The Balaban J connectivity index is 2.62. The first-order valence-electron chi connectivity index (χ1n) is 3.97. The van der Waals surface area contributed by atoms with Crippen LogP contribution in [0.3, 0.4) is 0 Å². The number of ketones is 1. The summed E-state index contributed by atoms with van der Waals surface area (Å²) in [6, 6.07) is 5.52. The summed E-state index contributed by atoms with van der Waals surface area (Å²) in [6.45, 7) is 1.84. The molecule has 1 nitrogen and oxygen atoms in total. The lowest BCUT2D eigenvalue weighted by atomic mass is 10.0. The molecule has 0 heterocycles. The van der Waals surface area contributed by atoms with Crippen molar-refractivity contribution in [3.05, 3.63) is 34.9 Å². The summed E-state index contributed by atoms with van der Waals surface area (Å²) in [6.07, 6.45) is -1.04. The van der Waals surface area contributed by atoms with Gasteiger partial charge in [-0.25, -0.2) is 4.39 Å². The third-order valence-corrected chi connectivity index (χ3v) is 2.29. The molecular weight excluding hydrogens is 155 g/mol. The lowest BCUT2D eigenvalue weighted by Gasteiger charge is -1.99. The molecule has 1 atom stereocenters. The highest BCUT2D eigenvalue weighted by Gasteiger charge is 2.30. The van der Waals surface area contributed by atoms with Crippen LogP contribution in [-0.2, 0) is 6.42 Å². The number of Topliss-reactive ketones (excluding diaryl/α,β-unsaturated/α-hetero) is 1. The topological polar surface area (TPSA) is 17.1 Å². The fraction of sp³-hybridized carbons (Fsp3) is 0.300. The van der Waals surface area contributed by atoms with Gasteiger partial charge in [-0.15, -0.1) is 0 Å². The van der Waals surface area contributed by atoms with Gasteiger partial charge in [0.05, 0.1) is 0 Å². The van der Waals surface area contributed by atoms with Crippen LogP contribution in [0.15, 0.2) is 18.2 Å². The molecule has 62 valence electrons. The van der Waals surface area contributed by atoms with Gasteiger partial charge in [0.2, 0.25) is 0 Å². The van der Waals surface area contributed by atoms with Crippen LogP contribution >= 0.6 is 0 Å². The summed E-state index contributed by atoms with van der Waals surface area (Å²) in [7, 11) is 0. The SMILES string of the molecule is Cc1cccc2c1C(=O)C(F)C2. The van der Waals surface area contributed by atoms with Crippen molar-refractivity contribution in [2.45, 2.75) is 19.5 Å². The Morgan fingerprint density at radius 1 is 1.50 bits per heavy atom. The molecule has 1 unspecified atom stereocenters. The van der Waals surface area contributed by atoms with Crippen LogP contribution in [0.25, 0.3) is 0 Å². The van der Waals surface area contributed by atoms with E-state index >= 15 is 0 Å². The molecule has 0 spiro atoms. The maximum atomic E-state index is 12.9. The Morgan fingerprint density at radius 3 is 2.92 bits per heavy atom. The number of fused-ring (bicyclic) bond motifs is 1. The molecule has 0 saturated heterocycles. The molecule has 1 aliphatic rings. The van der Waals surface area contributed by atoms with Crippen LogP contribution < -0.4 is 0 Å². The standard InChI is InChI=1S/C10H9FO/c1-6-3-2-4-7-5-8(11)10(12)9(6)7/h2-4,8H,5H2,1H3. The Bertz CT molecular complexity index is 344. The van der Waals surface area contributed by atoms with Crippen molar-refractivity contribution in [2.24, 2.45) is 0 Å². The molecular formula is C10H9FO. The van der Waals surface area contributed by atoms with Crippen molar-refractivity contribution in [3.8, 4) is 0 Å². The summed E-state index contributed by atoms with van der Waals surface area (Å²) < 4.78 is 12.9. The molecule has 0 amide bonds. The van der Waals surface area contributed by atoms with E-state index in [-0.39, 0.29) is 12.2 Å². The number of hydrogen-bond donors (Lipinski definition) is 0. The maximum Gasteiger partial charge on any atom is 0.197 e. The van der Waals surface area contributed by atoms with Crippen molar-refractivity contribution in [2.75, 3.05) is 0 Å². The van der Waals surface area contributed by atoms with E-state index in [4.69, 9.17) is 0 Å². The van der Waals surface area contributed by atoms with Crippen LogP contribution in [-0.4, -0.2) is 12.0 Å². The molecule has 0 N–H and O–H groups in total. The minimum Gasteiger partial charge on any atom is -0.291 e. The first kappa shape index (κ1) is 7.47. The van der Waals surface area contributed by atoms with E-state index in [0.717, 1.165) is 11.1 Å². The second kappa shape index (κ2) is 2.41. The molecule has 0 radical (unpaired) electrons. The van der Waals surface area contributed by atoms with E-state index in [2.05, 4.69) is 0 Å². The molecule has 1 aliphatic carbocycles. The van der Waals surface area contributed by atoms with Gasteiger partial charge in [0, 0.05) is 12.0 Å². The molecule has 0 saturated carbocycles. The number of rotatable bonds is 0. The van der Waals surface area contributed by atoms with Crippen molar-refractivity contribution >= 4 is 5.78 Å². The average molecular weight is 164 g/mol. The van der Waals surface area contributed by atoms with Gasteiger partial charge in [0.1, 0.15) is 0 Å². The fourth-order valence-corrected chi connectivity index (χ4v) is 1.69. The quantitative estimate of drug-likeness (QED) is 0.573. The summed E-state index contributed by atoms with van der Waals surface area (Å²) in [4.78, 5) is 11.2. The summed E-state index contributed by atoms with van der Waals surface area (Å²) >= 11 is 0. The Morgan fingerprint density at radius 2 is 2.25 bits per heavy atom. The number of carbonyl (C=O) groups is 1. The number of hydrogen-bond acceptors (Lipinski definition) is 1. The van der Waals surface area contributed by atoms with Gasteiger partial charge < -0.3 is 0 Å². The molecule has 0 aliphatic heterocycles. The molecule has 2 rings (SSSR count). The predicted molar refractivity (Wildman–Crippen MR) is 44.1 cm³/mol. The molecule has 2 heteroatoms. The van der Waals surface area contributed by atoms with E-state index in [1.165, 1.54) is 0 Å². The second-order valence-corrected chi connectivity index (χ2v) is 3.14. The first-order valence-corrected chi connectivity index (χ1v) is 3.97. The predicted octanol–water partition coefficient (Wildman–Crippen LogP) is 2.07. The Labute approximate surface area is 70.2 Å². The highest BCUT2D eigenvalue weighted by molar-refractivity contribution is 6.04. The number of halogens is 1. The lowest BCUT2D eigenvalue weighted by Crippen LogP contribution is -2.09. The normalized spacial score (nSPS) is 21.2. The van der Waals surface area contributed by atoms with Crippen LogP contribution in [0.2, 0.25) is 0 Å². The molecule has 12 heavy (non-hydrogen) atoms. The van der Waals surface area contributed by atoms with Gasteiger partial charge in [-0.3, -0.25) is 4.79 Å². The smallest absolute Gasteiger partial charge is 0.197 e. The van der Waals surface area contributed by atoms with Crippen molar-refractivity contribution in [3.63, 3.8) is 0 Å². The minimum absolute atomic E-state index is 0.260. The van der Waals surface area contributed by atoms with E-state index in [9.17, 15) is 9.18 Å². The largest absolute Gasteiger partial charge is 0.291 e. The zero-order chi connectivity index (χ0) is 8.72. The molecule has 0 bridgehead atoms. The number of benzene rings is 1. The van der Waals surface area contributed by atoms with Crippen molar-refractivity contribution in [1.29, 1.82) is 0 Å². The zero-order valence-electron chi connectivity index (χ0n) is 6.80. The number of aryl methyl sites for hydroxylation is 1. The van der Waals surface area contributed by atoms with E-state index in [1.807, 2.05) is 25.1 Å². The average Bonchev–Trinajstić information content (AvgIpc) is 2.29. The van der Waals surface area contributed by atoms with E-state index in [0.29, 0.717) is 5.56 Å². The molecule has 1 aromatic carbocycles. The highest BCUT2D eigenvalue weighted by Crippen LogP contribution is 2.26. The molecule has 0 fully saturated rings. The van der Waals surface area contributed by atoms with Crippen LogP contribution in [0.5, 0.6) is 0 Å². The van der Waals surface area contributed by atoms with Gasteiger partial charge in [-0.2, -0.15) is 0 Å². The van der Waals surface area contributed by atoms with Gasteiger partial charge in [-0.1, -0.05) is 18.2 Å². The number of alkyl halides is 1. The monoisotopic (exact) mass is 164 g/mol. The van der Waals surface area contributed by atoms with Gasteiger partial charge in [-0.05, 0) is 18.1 Å². The van der Waals surface area contributed by atoms with Crippen molar-refractivity contribution < 1.29 is 9.18 Å². The summed E-state index contributed by atoms with van der Waals surface area (Å²) in [5.41, 5.74) is 2.34. The zero-order valence-corrected chi connectivity index (χ0v) is 6.80. The third kappa shape index (κ3) is 0.876. The van der Waals surface area contributed by atoms with Crippen molar-refractivity contribution in [1.82, 2.24) is 0 Å². The van der Waals surface area contributed by atoms with E-state index in [1.54, 1.807) is 0 Å². The van der Waals surface area contributed by atoms with Gasteiger partial charge in [0.25, 0.3) is 0 Å². The minimum atomic E-state index is -1.30. The van der Waals surface area contributed by atoms with Crippen LogP contribution in [0, 0.1) is 6.92 Å². The Kier molecular flexibility index (Phi) is 1.50. The lowest BCUT2D eigenvalue weighted by molar-refractivity contribution is 0.0898. The Hall–Kier alpha value is -1.18. The van der Waals surface area contributed by atoms with Gasteiger partial charge >= 0.3 is 0 Å². The van der Waals surface area contributed by atoms with Crippen LogP contribution in [0.4, 0.5) is 4.39 Å². The maximum absolute atomic E-state index is 12.9. The summed E-state index contributed by atoms with van der Waals surface area (Å²) in [5.74, 6) is -0.344. The first-order chi connectivity index (χ1) is 5.70. The third-order valence-electron chi connectivity index (χ3n) is 2.29.